The maximum atomic E-state index is 12.2. The van der Waals surface area contributed by atoms with Gasteiger partial charge in [0.05, 0.1) is 0 Å². The third-order valence-electron chi connectivity index (χ3n) is 1.91. The van der Waals surface area contributed by atoms with Gasteiger partial charge in [0, 0.05) is 18.9 Å². The molecule has 0 atom stereocenters. The second-order valence-corrected chi connectivity index (χ2v) is 2.81. The van der Waals surface area contributed by atoms with Gasteiger partial charge in [-0.2, -0.15) is 0 Å². The van der Waals surface area contributed by atoms with Gasteiger partial charge in [-0.05, 0) is 0 Å². The summed E-state index contributed by atoms with van der Waals surface area (Å²) in [6.45, 7) is -0.726. The Balaban J connectivity index is 2.45. The molecule has 0 radical (unpaired) electrons. The first-order valence-electron chi connectivity index (χ1n) is 3.44. The van der Waals surface area contributed by atoms with E-state index in [1.807, 2.05) is 0 Å². The van der Waals surface area contributed by atoms with Crippen molar-refractivity contribution in [1.29, 1.82) is 0 Å². The van der Waals surface area contributed by atoms with Crippen LogP contribution in [0.4, 0.5) is 13.6 Å². The molecule has 0 aromatic rings. The van der Waals surface area contributed by atoms with Crippen molar-refractivity contribution >= 4 is 6.09 Å². The van der Waals surface area contributed by atoms with Crippen LogP contribution < -0.4 is 0 Å². The fourth-order valence-corrected chi connectivity index (χ4v) is 1.18. The molecule has 4 nitrogen and oxygen atoms in total. The summed E-state index contributed by atoms with van der Waals surface area (Å²) in [6, 6.07) is -0.734. The molecule has 1 aliphatic carbocycles. The minimum Gasteiger partial charge on any atom is -0.465 e. The number of amides is 1. The standard InChI is InChI=1S/C6H9F2NO3/c7-6(8)1-4(2-6)9(3-10)5(11)12/h4,10H,1-3H2,(H,11,12). The second kappa shape index (κ2) is 2.85. The molecule has 0 unspecified atom stereocenters. The molecule has 1 saturated carbocycles. The Kier molecular flexibility index (Phi) is 2.18. The zero-order valence-electron chi connectivity index (χ0n) is 6.20. The van der Waals surface area contributed by atoms with E-state index in [0.717, 1.165) is 0 Å². The SMILES string of the molecule is O=C(O)N(CO)C1CC(F)(F)C1. The number of carbonyl (C=O) groups is 1. The van der Waals surface area contributed by atoms with E-state index in [2.05, 4.69) is 0 Å². The Labute approximate surface area is 67.4 Å². The van der Waals surface area contributed by atoms with Crippen LogP contribution in [-0.2, 0) is 0 Å². The average molecular weight is 181 g/mol. The summed E-state index contributed by atoms with van der Waals surface area (Å²) in [4.78, 5) is 10.9. The molecule has 0 aromatic heterocycles. The number of aliphatic hydroxyl groups excluding tert-OH is 1. The van der Waals surface area contributed by atoms with Crippen molar-refractivity contribution in [3.63, 3.8) is 0 Å². The molecule has 0 bridgehead atoms. The number of carboxylic acid groups (broad SMARTS) is 1. The number of hydrogen-bond acceptors (Lipinski definition) is 2. The molecule has 12 heavy (non-hydrogen) atoms. The van der Waals surface area contributed by atoms with Gasteiger partial charge in [-0.3, -0.25) is 4.90 Å². The summed E-state index contributed by atoms with van der Waals surface area (Å²) in [5.74, 6) is -2.76. The van der Waals surface area contributed by atoms with E-state index in [-0.39, 0.29) is 0 Å². The van der Waals surface area contributed by atoms with E-state index < -0.39 is 37.6 Å². The highest BCUT2D eigenvalue weighted by Crippen LogP contribution is 2.40. The first kappa shape index (κ1) is 9.18. The predicted molar refractivity (Wildman–Crippen MR) is 34.9 cm³/mol. The number of alkyl halides is 2. The Hall–Kier alpha value is -0.910. The van der Waals surface area contributed by atoms with Crippen LogP contribution in [0.25, 0.3) is 0 Å². The fraction of sp³-hybridized carbons (Fsp3) is 0.833. The molecule has 0 aliphatic heterocycles. The minimum atomic E-state index is -2.76. The zero-order chi connectivity index (χ0) is 9.35. The average Bonchev–Trinajstić information content (AvgIpc) is 1.84. The number of halogens is 2. The van der Waals surface area contributed by atoms with Gasteiger partial charge in [0.2, 0.25) is 0 Å². The molecular formula is C6H9F2NO3. The van der Waals surface area contributed by atoms with E-state index in [9.17, 15) is 13.6 Å². The monoisotopic (exact) mass is 181 g/mol. The van der Waals surface area contributed by atoms with Gasteiger partial charge in [0.1, 0.15) is 6.73 Å². The number of rotatable bonds is 2. The predicted octanol–water partition coefficient (Wildman–Crippen LogP) is 0.714. The first-order chi connectivity index (χ1) is 5.46. The maximum absolute atomic E-state index is 12.2. The van der Waals surface area contributed by atoms with Crippen molar-refractivity contribution in [2.75, 3.05) is 6.73 Å². The quantitative estimate of drug-likeness (QED) is 0.617. The molecule has 1 amide bonds. The topological polar surface area (TPSA) is 60.8 Å². The highest BCUT2D eigenvalue weighted by Gasteiger charge is 2.49. The lowest BCUT2D eigenvalue weighted by Gasteiger charge is -2.40. The van der Waals surface area contributed by atoms with E-state index in [0.29, 0.717) is 4.90 Å². The smallest absolute Gasteiger partial charge is 0.409 e. The highest BCUT2D eigenvalue weighted by atomic mass is 19.3. The van der Waals surface area contributed by atoms with Crippen LogP contribution in [-0.4, -0.2) is 39.9 Å². The van der Waals surface area contributed by atoms with E-state index in [1.54, 1.807) is 0 Å². The van der Waals surface area contributed by atoms with Gasteiger partial charge in [-0.15, -0.1) is 0 Å². The van der Waals surface area contributed by atoms with Crippen LogP contribution in [0.3, 0.4) is 0 Å². The Morgan fingerprint density at radius 3 is 2.33 bits per heavy atom. The lowest BCUT2D eigenvalue weighted by Crippen LogP contribution is -2.52. The van der Waals surface area contributed by atoms with Gasteiger partial charge in [0.15, 0.2) is 0 Å². The molecule has 1 fully saturated rings. The van der Waals surface area contributed by atoms with Crippen LogP contribution in [0.2, 0.25) is 0 Å². The molecule has 0 saturated heterocycles. The summed E-state index contributed by atoms with van der Waals surface area (Å²) in [7, 11) is 0. The summed E-state index contributed by atoms with van der Waals surface area (Å²) in [6.07, 6.45) is -2.34. The van der Waals surface area contributed by atoms with Crippen molar-refractivity contribution < 1.29 is 23.8 Å². The number of nitrogens with zero attached hydrogens (tertiary/aromatic N) is 1. The Morgan fingerprint density at radius 1 is 1.58 bits per heavy atom. The van der Waals surface area contributed by atoms with Crippen LogP contribution in [0, 0.1) is 0 Å². The molecule has 0 heterocycles. The van der Waals surface area contributed by atoms with Crippen molar-refractivity contribution in [1.82, 2.24) is 4.90 Å². The third-order valence-corrected chi connectivity index (χ3v) is 1.91. The van der Waals surface area contributed by atoms with Gasteiger partial charge >= 0.3 is 6.09 Å². The zero-order valence-corrected chi connectivity index (χ0v) is 6.20. The lowest BCUT2D eigenvalue weighted by atomic mass is 9.87. The lowest BCUT2D eigenvalue weighted by molar-refractivity contribution is -0.127. The molecule has 6 heteroatoms. The van der Waals surface area contributed by atoms with Crippen molar-refractivity contribution in [3.05, 3.63) is 0 Å². The Bertz CT molecular complexity index is 189. The van der Waals surface area contributed by atoms with E-state index >= 15 is 0 Å². The van der Waals surface area contributed by atoms with Crippen molar-refractivity contribution in [2.24, 2.45) is 0 Å². The third kappa shape index (κ3) is 1.63. The fourth-order valence-electron chi connectivity index (χ4n) is 1.18. The normalized spacial score (nSPS) is 21.6. The summed E-state index contributed by atoms with van der Waals surface area (Å²) in [5.41, 5.74) is 0. The summed E-state index contributed by atoms with van der Waals surface area (Å²) in [5, 5.41) is 16.9. The van der Waals surface area contributed by atoms with E-state index in [4.69, 9.17) is 10.2 Å². The molecule has 0 aromatic carbocycles. The molecule has 70 valence electrons. The van der Waals surface area contributed by atoms with Crippen molar-refractivity contribution in [3.8, 4) is 0 Å². The van der Waals surface area contributed by atoms with Crippen LogP contribution in [0.1, 0.15) is 12.8 Å². The van der Waals surface area contributed by atoms with Crippen LogP contribution in [0.5, 0.6) is 0 Å². The largest absolute Gasteiger partial charge is 0.465 e. The molecule has 0 spiro atoms. The van der Waals surface area contributed by atoms with Crippen LogP contribution in [0.15, 0.2) is 0 Å². The highest BCUT2D eigenvalue weighted by molar-refractivity contribution is 5.65. The van der Waals surface area contributed by atoms with Crippen LogP contribution >= 0.6 is 0 Å². The van der Waals surface area contributed by atoms with E-state index in [1.165, 1.54) is 0 Å². The maximum Gasteiger partial charge on any atom is 0.409 e. The molecule has 1 rings (SSSR count). The molecule has 1 aliphatic rings. The van der Waals surface area contributed by atoms with Gasteiger partial charge < -0.3 is 10.2 Å². The van der Waals surface area contributed by atoms with Gasteiger partial charge in [0.25, 0.3) is 5.92 Å². The van der Waals surface area contributed by atoms with Gasteiger partial charge in [-0.25, -0.2) is 13.6 Å². The Morgan fingerprint density at radius 2 is 2.08 bits per heavy atom. The molecule has 2 N–H and O–H groups in total. The van der Waals surface area contributed by atoms with Crippen molar-refractivity contribution in [2.45, 2.75) is 24.8 Å². The first-order valence-corrected chi connectivity index (χ1v) is 3.44. The summed E-state index contributed by atoms with van der Waals surface area (Å²) < 4.78 is 24.5. The second-order valence-electron chi connectivity index (χ2n) is 2.81. The number of hydrogen-bond donors (Lipinski definition) is 2. The minimum absolute atomic E-state index is 0.486. The molecular weight excluding hydrogens is 172 g/mol. The number of aliphatic hydroxyl groups is 1. The summed E-state index contributed by atoms with van der Waals surface area (Å²) >= 11 is 0. The van der Waals surface area contributed by atoms with Gasteiger partial charge in [-0.1, -0.05) is 0 Å².